The molecule has 4 heteroatoms. The van der Waals surface area contributed by atoms with Crippen LogP contribution in [-0.4, -0.2) is 37.3 Å². The summed E-state index contributed by atoms with van der Waals surface area (Å²) in [6, 6.07) is 0.683. The number of rotatable bonds is 2. The molecule has 1 N–H and O–H groups in total. The van der Waals surface area contributed by atoms with Crippen molar-refractivity contribution in [3.63, 3.8) is 0 Å². The second kappa shape index (κ2) is 6.95. The molecule has 0 bridgehead atoms. The SMILES string of the molecule is CNC1CCN(/C2=C/C=N/C(Cl)=C\CCC2)CC1. The van der Waals surface area contributed by atoms with E-state index in [0.717, 1.165) is 32.4 Å². The van der Waals surface area contributed by atoms with Crippen LogP contribution in [0.3, 0.4) is 0 Å². The van der Waals surface area contributed by atoms with Gasteiger partial charge in [0.25, 0.3) is 0 Å². The van der Waals surface area contributed by atoms with Gasteiger partial charge in [-0.05, 0) is 51.3 Å². The first-order valence-corrected chi connectivity index (χ1v) is 7.18. The summed E-state index contributed by atoms with van der Waals surface area (Å²) >= 11 is 5.95. The van der Waals surface area contributed by atoms with Gasteiger partial charge in [0.1, 0.15) is 5.16 Å². The van der Waals surface area contributed by atoms with Crippen molar-refractivity contribution >= 4 is 17.8 Å². The summed E-state index contributed by atoms with van der Waals surface area (Å²) in [7, 11) is 2.06. The molecule has 0 aromatic heterocycles. The maximum Gasteiger partial charge on any atom is 0.125 e. The standard InChI is InChI=1S/C14H22ClN3/c1-16-12-7-10-18(11-8-12)13-4-2-3-5-14(15)17-9-6-13/h5-6,9,12,16H,2-4,7-8,10-11H2,1H3/b13-6+,14-5-,17-9+. The molecular weight excluding hydrogens is 246 g/mol. The molecule has 0 spiro atoms. The monoisotopic (exact) mass is 267 g/mol. The summed E-state index contributed by atoms with van der Waals surface area (Å²) in [5, 5.41) is 3.98. The normalized spacial score (nSPS) is 30.4. The number of hydrogen-bond donors (Lipinski definition) is 1. The van der Waals surface area contributed by atoms with Gasteiger partial charge >= 0.3 is 0 Å². The van der Waals surface area contributed by atoms with Crippen LogP contribution in [0, 0.1) is 0 Å². The van der Waals surface area contributed by atoms with Gasteiger partial charge in [-0.3, -0.25) is 0 Å². The number of halogens is 1. The van der Waals surface area contributed by atoms with Crippen LogP contribution in [0.5, 0.6) is 0 Å². The Morgan fingerprint density at radius 2 is 2.17 bits per heavy atom. The molecule has 2 rings (SSSR count). The van der Waals surface area contributed by atoms with Crippen molar-refractivity contribution < 1.29 is 0 Å². The quantitative estimate of drug-likeness (QED) is 0.779. The van der Waals surface area contributed by atoms with E-state index in [0.29, 0.717) is 11.2 Å². The maximum absolute atomic E-state index is 5.95. The molecule has 0 aromatic rings. The fourth-order valence-corrected chi connectivity index (χ4v) is 2.72. The third kappa shape index (κ3) is 3.85. The number of allylic oxidation sites excluding steroid dienone is 3. The lowest BCUT2D eigenvalue weighted by atomic mass is 10.0. The predicted octanol–water partition coefficient (Wildman–Crippen LogP) is 2.89. The molecule has 0 amide bonds. The summed E-state index contributed by atoms with van der Waals surface area (Å²) < 4.78 is 0. The Labute approximate surface area is 115 Å². The van der Waals surface area contributed by atoms with E-state index in [1.54, 1.807) is 0 Å². The molecule has 0 unspecified atom stereocenters. The Balaban J connectivity index is 1.97. The van der Waals surface area contributed by atoms with Gasteiger partial charge in [0, 0.05) is 31.0 Å². The molecular formula is C14H22ClN3. The van der Waals surface area contributed by atoms with Crippen molar-refractivity contribution in [1.29, 1.82) is 0 Å². The number of aliphatic imine (C=N–C) groups is 1. The van der Waals surface area contributed by atoms with Crippen molar-refractivity contribution in [2.75, 3.05) is 20.1 Å². The lowest BCUT2D eigenvalue weighted by Crippen LogP contribution is -2.40. The minimum Gasteiger partial charge on any atom is -0.375 e. The highest BCUT2D eigenvalue weighted by Gasteiger charge is 2.19. The highest BCUT2D eigenvalue weighted by atomic mass is 35.5. The van der Waals surface area contributed by atoms with Crippen molar-refractivity contribution in [3.05, 3.63) is 23.0 Å². The van der Waals surface area contributed by atoms with Gasteiger partial charge in [0.05, 0.1) is 0 Å². The fraction of sp³-hybridized carbons (Fsp3) is 0.643. The molecule has 2 aliphatic rings. The van der Waals surface area contributed by atoms with Gasteiger partial charge in [-0.15, -0.1) is 0 Å². The van der Waals surface area contributed by atoms with E-state index in [1.807, 2.05) is 12.3 Å². The molecule has 1 fully saturated rings. The Kier molecular flexibility index (Phi) is 5.26. The molecule has 18 heavy (non-hydrogen) atoms. The van der Waals surface area contributed by atoms with Gasteiger partial charge in [-0.25, -0.2) is 4.99 Å². The van der Waals surface area contributed by atoms with Gasteiger partial charge < -0.3 is 10.2 Å². The van der Waals surface area contributed by atoms with E-state index >= 15 is 0 Å². The maximum atomic E-state index is 5.95. The van der Waals surface area contributed by atoms with Crippen LogP contribution in [0.25, 0.3) is 0 Å². The van der Waals surface area contributed by atoms with Crippen LogP contribution in [0.1, 0.15) is 32.1 Å². The molecule has 100 valence electrons. The van der Waals surface area contributed by atoms with Crippen molar-refractivity contribution in [2.24, 2.45) is 4.99 Å². The van der Waals surface area contributed by atoms with E-state index in [-0.39, 0.29) is 0 Å². The average Bonchev–Trinajstić information content (AvgIpc) is 2.51. The fourth-order valence-electron chi connectivity index (χ4n) is 2.55. The number of hydrogen-bond acceptors (Lipinski definition) is 3. The third-order valence-corrected chi connectivity index (χ3v) is 3.98. The van der Waals surface area contributed by atoms with Crippen LogP contribution in [0.15, 0.2) is 28.0 Å². The number of piperidine rings is 1. The van der Waals surface area contributed by atoms with Crippen molar-refractivity contribution in [2.45, 2.75) is 38.1 Å². The zero-order valence-electron chi connectivity index (χ0n) is 11.0. The van der Waals surface area contributed by atoms with Gasteiger partial charge in [0.15, 0.2) is 0 Å². The Morgan fingerprint density at radius 1 is 1.39 bits per heavy atom. The Bertz CT molecular complexity index is 352. The van der Waals surface area contributed by atoms with E-state index in [4.69, 9.17) is 11.6 Å². The molecule has 0 aliphatic carbocycles. The molecule has 3 nitrogen and oxygen atoms in total. The average molecular weight is 268 g/mol. The summed E-state index contributed by atoms with van der Waals surface area (Å²) in [6.07, 6.45) is 11.7. The molecule has 2 aliphatic heterocycles. The Morgan fingerprint density at radius 3 is 2.89 bits per heavy atom. The van der Waals surface area contributed by atoms with E-state index < -0.39 is 0 Å². The first kappa shape index (κ1) is 13.6. The minimum absolute atomic E-state index is 0.612. The first-order chi connectivity index (χ1) is 8.79. The lowest BCUT2D eigenvalue weighted by Gasteiger charge is -2.35. The van der Waals surface area contributed by atoms with Crippen LogP contribution < -0.4 is 5.32 Å². The number of nitrogens with zero attached hydrogens (tertiary/aromatic N) is 2. The predicted molar refractivity (Wildman–Crippen MR) is 78.0 cm³/mol. The first-order valence-electron chi connectivity index (χ1n) is 6.80. The molecule has 0 radical (unpaired) electrons. The van der Waals surface area contributed by atoms with Crippen LogP contribution in [0.2, 0.25) is 0 Å². The highest BCUT2D eigenvalue weighted by molar-refractivity contribution is 6.29. The molecule has 1 saturated heterocycles. The van der Waals surface area contributed by atoms with E-state index in [1.165, 1.54) is 18.5 Å². The molecule has 2 heterocycles. The highest BCUT2D eigenvalue weighted by Crippen LogP contribution is 2.20. The van der Waals surface area contributed by atoms with Crippen LogP contribution in [0.4, 0.5) is 0 Å². The summed E-state index contributed by atoms with van der Waals surface area (Å²) in [6.45, 7) is 2.29. The zero-order chi connectivity index (χ0) is 12.8. The number of likely N-dealkylation sites (tertiary alicyclic amines) is 1. The largest absolute Gasteiger partial charge is 0.375 e. The van der Waals surface area contributed by atoms with Crippen molar-refractivity contribution in [3.8, 4) is 0 Å². The smallest absolute Gasteiger partial charge is 0.125 e. The van der Waals surface area contributed by atoms with Crippen molar-refractivity contribution in [1.82, 2.24) is 10.2 Å². The zero-order valence-corrected chi connectivity index (χ0v) is 11.8. The second-order valence-electron chi connectivity index (χ2n) is 4.91. The second-order valence-corrected chi connectivity index (χ2v) is 5.29. The van der Waals surface area contributed by atoms with E-state index in [2.05, 4.69) is 28.3 Å². The topological polar surface area (TPSA) is 27.6 Å². The van der Waals surface area contributed by atoms with Gasteiger partial charge in [-0.1, -0.05) is 11.6 Å². The van der Waals surface area contributed by atoms with E-state index in [9.17, 15) is 0 Å². The lowest BCUT2D eigenvalue weighted by molar-refractivity contribution is 0.241. The van der Waals surface area contributed by atoms with Crippen LogP contribution in [-0.2, 0) is 0 Å². The molecule has 0 aromatic carbocycles. The minimum atomic E-state index is 0.612. The summed E-state index contributed by atoms with van der Waals surface area (Å²) in [5.41, 5.74) is 1.41. The number of nitrogens with one attached hydrogen (secondary N) is 1. The molecule has 0 atom stereocenters. The summed E-state index contributed by atoms with van der Waals surface area (Å²) in [4.78, 5) is 6.71. The molecule has 0 saturated carbocycles. The third-order valence-electron chi connectivity index (χ3n) is 3.72. The summed E-state index contributed by atoms with van der Waals surface area (Å²) in [5.74, 6) is 0. The van der Waals surface area contributed by atoms with Crippen LogP contribution >= 0.6 is 11.6 Å². The van der Waals surface area contributed by atoms with Gasteiger partial charge in [0.2, 0.25) is 0 Å². The Hall–Kier alpha value is -0.800. The van der Waals surface area contributed by atoms with Gasteiger partial charge in [-0.2, -0.15) is 0 Å².